The number of amides is 1. The van der Waals surface area contributed by atoms with Crippen molar-refractivity contribution in [2.45, 2.75) is 58.1 Å². The number of rotatable bonds is 4. The average molecular weight is 532 g/mol. The van der Waals surface area contributed by atoms with Gasteiger partial charge in [-0.15, -0.1) is 11.8 Å². The number of ether oxygens (including phenoxy) is 2. The molecule has 1 unspecified atom stereocenters. The van der Waals surface area contributed by atoms with Crippen LogP contribution in [0.5, 0.6) is 0 Å². The molecule has 9 heteroatoms. The molecule has 3 heterocycles. The van der Waals surface area contributed by atoms with Crippen LogP contribution in [0.15, 0.2) is 38.3 Å². The highest BCUT2D eigenvalue weighted by atomic mass is 32.2. The highest BCUT2D eigenvalue weighted by Gasteiger charge is 2.54. The summed E-state index contributed by atoms with van der Waals surface area (Å²) in [6.45, 7) is 13.7. The van der Waals surface area contributed by atoms with Gasteiger partial charge in [0, 0.05) is 23.0 Å². The molecule has 0 radical (unpaired) electrons. The maximum atomic E-state index is 13.0. The number of carbonyl (C=O) groups is 3. The quantitative estimate of drug-likeness (QED) is 0.443. The van der Waals surface area contributed by atoms with Crippen molar-refractivity contribution >= 4 is 64.4 Å². The zero-order chi connectivity index (χ0) is 25.7. The molecule has 4 rings (SSSR count). The number of esters is 2. The van der Waals surface area contributed by atoms with Crippen LogP contribution in [0.1, 0.15) is 51.3 Å². The Balaban J connectivity index is 1.99. The van der Waals surface area contributed by atoms with Gasteiger partial charge in [-0.2, -0.15) is 0 Å². The first-order valence-corrected chi connectivity index (χ1v) is 14.0. The molecule has 1 atom stereocenters. The van der Waals surface area contributed by atoms with Crippen LogP contribution in [0.3, 0.4) is 0 Å². The van der Waals surface area contributed by atoms with Crippen molar-refractivity contribution in [2.75, 3.05) is 18.1 Å². The van der Waals surface area contributed by atoms with Crippen molar-refractivity contribution in [1.82, 2.24) is 0 Å². The summed E-state index contributed by atoms with van der Waals surface area (Å²) in [6, 6.07) is 4.17. The number of thioether (sulfide) groups is 3. The molecule has 3 aliphatic rings. The summed E-state index contributed by atoms with van der Waals surface area (Å²) >= 11 is 4.22. The number of benzene rings is 1. The lowest BCUT2D eigenvalue weighted by Crippen LogP contribution is -2.52. The Morgan fingerprint density at radius 3 is 2.23 bits per heavy atom. The highest BCUT2D eigenvalue weighted by Crippen LogP contribution is 2.67. The Labute approximate surface area is 218 Å². The lowest BCUT2D eigenvalue weighted by molar-refractivity contribution is -0.138. The summed E-state index contributed by atoms with van der Waals surface area (Å²) in [5.74, 6) is -0.867. The largest absolute Gasteiger partial charge is 0.462 e. The van der Waals surface area contributed by atoms with Crippen molar-refractivity contribution in [3.05, 3.63) is 55.0 Å². The summed E-state index contributed by atoms with van der Waals surface area (Å²) in [7, 11) is 0. The Bertz CT molecular complexity index is 1230. The molecule has 0 saturated carbocycles. The average Bonchev–Trinajstić information content (AvgIpc) is 3.18. The summed E-state index contributed by atoms with van der Waals surface area (Å²) in [4.78, 5) is 42.3. The molecule has 0 bridgehead atoms. The molecular formula is C26H29NO5S3. The van der Waals surface area contributed by atoms with Gasteiger partial charge in [0.1, 0.15) is 8.98 Å². The second kappa shape index (κ2) is 9.41. The van der Waals surface area contributed by atoms with Gasteiger partial charge < -0.3 is 14.4 Å². The molecule has 1 amide bonds. The third-order valence-corrected chi connectivity index (χ3v) is 10.3. The van der Waals surface area contributed by atoms with Gasteiger partial charge in [-0.05, 0) is 64.7 Å². The van der Waals surface area contributed by atoms with Crippen molar-refractivity contribution in [3.63, 3.8) is 0 Å². The van der Waals surface area contributed by atoms with Gasteiger partial charge in [-0.25, -0.2) is 9.59 Å². The molecule has 0 N–H and O–H groups in total. The molecule has 1 aromatic carbocycles. The topological polar surface area (TPSA) is 72.9 Å². The van der Waals surface area contributed by atoms with Crippen LogP contribution in [0.25, 0.3) is 5.57 Å². The summed E-state index contributed by atoms with van der Waals surface area (Å²) in [6.07, 6.45) is 1.91. The fourth-order valence-electron chi connectivity index (χ4n) is 4.83. The number of hydrogen-bond acceptors (Lipinski definition) is 8. The number of carbonyl (C=O) groups excluding carboxylic acids is 3. The van der Waals surface area contributed by atoms with Crippen LogP contribution in [0, 0.1) is 13.8 Å². The first-order chi connectivity index (χ1) is 16.5. The minimum absolute atomic E-state index is 0.0753. The smallest absolute Gasteiger partial charge is 0.345 e. The van der Waals surface area contributed by atoms with Gasteiger partial charge in [-0.3, -0.25) is 4.79 Å². The maximum absolute atomic E-state index is 13.0. The Kier molecular flexibility index (Phi) is 6.98. The molecule has 0 fully saturated rings. The van der Waals surface area contributed by atoms with Crippen LogP contribution >= 0.6 is 35.3 Å². The van der Waals surface area contributed by atoms with E-state index in [1.807, 2.05) is 44.1 Å². The standard InChI is InChI=1S/C26H29NO5S3/c1-8-31-23(29)18-12-26(33-13-19(35-26)24(30)32-9-2)20-17-11-14(3)10-15(4)21(17)27(16(5)28)25(6,7)22(20)34-18/h10-13H,8-9H2,1-7H3. The predicted octanol–water partition coefficient (Wildman–Crippen LogP) is 5.93. The van der Waals surface area contributed by atoms with Crippen LogP contribution in [0.2, 0.25) is 0 Å². The van der Waals surface area contributed by atoms with Crippen LogP contribution in [0.4, 0.5) is 5.69 Å². The first-order valence-electron chi connectivity index (χ1n) is 11.5. The molecule has 6 nitrogen and oxygen atoms in total. The van der Waals surface area contributed by atoms with Gasteiger partial charge in [-0.1, -0.05) is 35.2 Å². The van der Waals surface area contributed by atoms with E-state index >= 15 is 0 Å². The molecule has 0 aromatic heterocycles. The SMILES string of the molecule is CCOC(=O)C1=CC2(SC=C(C(=O)OCC)S2)C2=C(S1)C(C)(C)N(C(C)=O)c1c(C)cc(C)cc12. The van der Waals surface area contributed by atoms with Gasteiger partial charge in [0.05, 0.1) is 29.3 Å². The lowest BCUT2D eigenvalue weighted by atomic mass is 9.83. The van der Waals surface area contributed by atoms with Gasteiger partial charge in [0.15, 0.2) is 0 Å². The molecule has 0 aliphatic carbocycles. The normalized spacial score (nSPS) is 22.3. The lowest BCUT2D eigenvalue weighted by Gasteiger charge is -2.50. The number of nitrogens with zero attached hydrogens (tertiary/aromatic N) is 1. The molecule has 1 aromatic rings. The Morgan fingerprint density at radius 2 is 1.63 bits per heavy atom. The van der Waals surface area contributed by atoms with Gasteiger partial charge >= 0.3 is 11.9 Å². The zero-order valence-electron chi connectivity index (χ0n) is 20.9. The fraction of sp³-hybridized carbons (Fsp3) is 0.423. The summed E-state index contributed by atoms with van der Waals surface area (Å²) in [5, 5.41) is 1.81. The highest BCUT2D eigenvalue weighted by molar-refractivity contribution is 8.25. The Morgan fingerprint density at radius 1 is 1.00 bits per heavy atom. The van der Waals surface area contributed by atoms with Crippen molar-refractivity contribution < 1.29 is 23.9 Å². The molecule has 3 aliphatic heterocycles. The Hall–Kier alpha value is -2.10. The molecule has 1 spiro atoms. The van der Waals surface area contributed by atoms with Crippen molar-refractivity contribution in [2.24, 2.45) is 0 Å². The van der Waals surface area contributed by atoms with Crippen molar-refractivity contribution in [1.29, 1.82) is 0 Å². The predicted molar refractivity (Wildman–Crippen MR) is 145 cm³/mol. The molecule has 35 heavy (non-hydrogen) atoms. The maximum Gasteiger partial charge on any atom is 0.345 e. The van der Waals surface area contributed by atoms with E-state index in [9.17, 15) is 14.4 Å². The zero-order valence-corrected chi connectivity index (χ0v) is 23.4. The van der Waals surface area contributed by atoms with E-state index in [1.165, 1.54) is 35.3 Å². The van der Waals surface area contributed by atoms with E-state index in [4.69, 9.17) is 9.47 Å². The second-order valence-electron chi connectivity index (χ2n) is 9.02. The number of fused-ring (bicyclic) bond motifs is 3. The number of hydrogen-bond donors (Lipinski definition) is 0. The second-order valence-corrected chi connectivity index (χ2v) is 12.7. The first kappa shape index (κ1) is 26.0. The van der Waals surface area contributed by atoms with E-state index in [1.54, 1.807) is 20.8 Å². The minimum atomic E-state index is -0.778. The molecular weight excluding hydrogens is 502 g/mol. The van der Waals surface area contributed by atoms with E-state index in [-0.39, 0.29) is 25.1 Å². The third-order valence-electron chi connectivity index (χ3n) is 6.03. The van der Waals surface area contributed by atoms with Crippen molar-refractivity contribution in [3.8, 4) is 0 Å². The van der Waals surface area contributed by atoms with E-state index in [2.05, 4.69) is 12.1 Å². The summed E-state index contributed by atoms with van der Waals surface area (Å²) < 4.78 is 9.87. The minimum Gasteiger partial charge on any atom is -0.462 e. The molecule has 186 valence electrons. The van der Waals surface area contributed by atoms with E-state index < -0.39 is 15.6 Å². The third kappa shape index (κ3) is 4.25. The van der Waals surface area contributed by atoms with Gasteiger partial charge in [0.2, 0.25) is 5.91 Å². The fourth-order valence-corrected chi connectivity index (χ4v) is 9.22. The monoisotopic (exact) mass is 531 g/mol. The van der Waals surface area contributed by atoms with Crippen LogP contribution in [-0.4, -0.2) is 40.7 Å². The van der Waals surface area contributed by atoms with Crippen LogP contribution in [-0.2, 0) is 23.9 Å². The number of anilines is 1. The molecule has 0 saturated heterocycles. The number of aryl methyl sites for hydroxylation is 2. The van der Waals surface area contributed by atoms with E-state index in [0.717, 1.165) is 32.9 Å². The summed E-state index contributed by atoms with van der Waals surface area (Å²) in [5.41, 5.74) is 4.16. The van der Waals surface area contributed by atoms with Crippen LogP contribution < -0.4 is 4.90 Å². The van der Waals surface area contributed by atoms with Gasteiger partial charge in [0.25, 0.3) is 0 Å². The van der Waals surface area contributed by atoms with E-state index in [0.29, 0.717) is 9.81 Å².